The first-order valence-corrected chi connectivity index (χ1v) is 7.27. The van der Waals surface area contributed by atoms with Crippen LogP contribution in [0.5, 0.6) is 0 Å². The zero-order valence-corrected chi connectivity index (χ0v) is 12.0. The second-order valence-corrected chi connectivity index (χ2v) is 5.86. The Bertz CT molecular complexity index is 439. The van der Waals surface area contributed by atoms with Crippen LogP contribution in [0.1, 0.15) is 38.2 Å². The summed E-state index contributed by atoms with van der Waals surface area (Å²) in [5.41, 5.74) is 8.18. The van der Waals surface area contributed by atoms with E-state index in [9.17, 15) is 0 Å². The molecule has 1 aliphatic rings. The van der Waals surface area contributed by atoms with E-state index in [0.717, 1.165) is 18.2 Å². The molecule has 1 aromatic carbocycles. The Labute approximate surface area is 116 Å². The lowest BCUT2D eigenvalue weighted by molar-refractivity contribution is 0.289. The highest BCUT2D eigenvalue weighted by molar-refractivity contribution is 5.92. The fourth-order valence-corrected chi connectivity index (χ4v) is 2.86. The van der Waals surface area contributed by atoms with Gasteiger partial charge in [0.25, 0.3) is 0 Å². The molecule has 0 aromatic heterocycles. The van der Waals surface area contributed by atoms with Crippen LogP contribution in [-0.2, 0) is 0 Å². The average molecular weight is 259 g/mol. The molecular formula is C16H25N3. The number of guanidine groups is 1. The molecule has 0 aliphatic heterocycles. The number of rotatable bonds is 3. The van der Waals surface area contributed by atoms with Gasteiger partial charge in [0.15, 0.2) is 5.96 Å². The van der Waals surface area contributed by atoms with Gasteiger partial charge in [0.2, 0.25) is 0 Å². The van der Waals surface area contributed by atoms with Crippen LogP contribution >= 0.6 is 0 Å². The average Bonchev–Trinajstić information content (AvgIpc) is 2.36. The van der Waals surface area contributed by atoms with Gasteiger partial charge in [0, 0.05) is 12.2 Å². The summed E-state index contributed by atoms with van der Waals surface area (Å²) in [6.45, 7) is 5.27. The fourth-order valence-electron chi connectivity index (χ4n) is 2.86. The first kappa shape index (κ1) is 13.9. The van der Waals surface area contributed by atoms with Crippen LogP contribution in [0.2, 0.25) is 0 Å². The van der Waals surface area contributed by atoms with Crippen molar-refractivity contribution in [2.75, 3.05) is 11.9 Å². The summed E-state index contributed by atoms with van der Waals surface area (Å²) in [5, 5.41) is 3.16. The van der Waals surface area contributed by atoms with Crippen molar-refractivity contribution in [2.24, 2.45) is 22.6 Å². The topological polar surface area (TPSA) is 50.4 Å². The molecule has 1 aliphatic carbocycles. The molecule has 0 amide bonds. The molecule has 2 atom stereocenters. The van der Waals surface area contributed by atoms with E-state index in [1.807, 2.05) is 12.1 Å². The van der Waals surface area contributed by atoms with Crippen molar-refractivity contribution in [3.8, 4) is 0 Å². The number of nitrogens with one attached hydrogen (secondary N) is 1. The van der Waals surface area contributed by atoms with Gasteiger partial charge in [0.1, 0.15) is 0 Å². The normalized spacial score (nSPS) is 24.2. The zero-order chi connectivity index (χ0) is 13.7. The molecule has 1 aromatic rings. The SMILES string of the molecule is Cc1cccc(NC(N)=NCC2CCCC(C)C2)c1. The maximum absolute atomic E-state index is 5.95. The quantitative estimate of drug-likeness (QED) is 0.644. The lowest BCUT2D eigenvalue weighted by Crippen LogP contribution is -2.25. The highest BCUT2D eigenvalue weighted by Crippen LogP contribution is 2.28. The maximum atomic E-state index is 5.95. The van der Waals surface area contributed by atoms with Crippen molar-refractivity contribution in [3.63, 3.8) is 0 Å². The number of hydrogen-bond acceptors (Lipinski definition) is 1. The molecule has 3 nitrogen and oxygen atoms in total. The van der Waals surface area contributed by atoms with Gasteiger partial charge < -0.3 is 11.1 Å². The third-order valence-electron chi connectivity index (χ3n) is 3.86. The molecule has 19 heavy (non-hydrogen) atoms. The number of aryl methyl sites for hydroxylation is 1. The van der Waals surface area contributed by atoms with E-state index in [0.29, 0.717) is 11.9 Å². The molecule has 3 N–H and O–H groups in total. The van der Waals surface area contributed by atoms with E-state index < -0.39 is 0 Å². The summed E-state index contributed by atoms with van der Waals surface area (Å²) < 4.78 is 0. The van der Waals surface area contributed by atoms with Crippen molar-refractivity contribution in [2.45, 2.75) is 39.5 Å². The number of nitrogens with two attached hydrogens (primary N) is 1. The smallest absolute Gasteiger partial charge is 0.193 e. The molecule has 2 unspecified atom stereocenters. The van der Waals surface area contributed by atoms with E-state index in [4.69, 9.17) is 5.73 Å². The van der Waals surface area contributed by atoms with Gasteiger partial charge in [-0.3, -0.25) is 4.99 Å². The Morgan fingerprint density at radius 1 is 1.42 bits per heavy atom. The molecule has 1 saturated carbocycles. The van der Waals surface area contributed by atoms with Crippen molar-refractivity contribution in [1.29, 1.82) is 0 Å². The summed E-state index contributed by atoms with van der Waals surface area (Å²) in [7, 11) is 0. The van der Waals surface area contributed by atoms with Crippen LogP contribution in [0.3, 0.4) is 0 Å². The van der Waals surface area contributed by atoms with Gasteiger partial charge in [-0.05, 0) is 49.3 Å². The van der Waals surface area contributed by atoms with Crippen LogP contribution in [0.25, 0.3) is 0 Å². The van der Waals surface area contributed by atoms with Gasteiger partial charge in [-0.2, -0.15) is 0 Å². The number of nitrogens with zero attached hydrogens (tertiary/aromatic N) is 1. The Balaban J connectivity index is 1.85. The van der Waals surface area contributed by atoms with Gasteiger partial charge in [-0.1, -0.05) is 31.9 Å². The predicted molar refractivity (Wildman–Crippen MR) is 82.4 cm³/mol. The van der Waals surface area contributed by atoms with Crippen molar-refractivity contribution in [3.05, 3.63) is 29.8 Å². The lowest BCUT2D eigenvalue weighted by Gasteiger charge is -2.25. The van der Waals surface area contributed by atoms with Crippen molar-refractivity contribution >= 4 is 11.6 Å². The largest absolute Gasteiger partial charge is 0.370 e. The third-order valence-corrected chi connectivity index (χ3v) is 3.86. The number of aliphatic imine (C=N–C) groups is 1. The fraction of sp³-hybridized carbons (Fsp3) is 0.562. The van der Waals surface area contributed by atoms with Gasteiger partial charge >= 0.3 is 0 Å². The molecular weight excluding hydrogens is 234 g/mol. The Morgan fingerprint density at radius 2 is 2.26 bits per heavy atom. The highest BCUT2D eigenvalue weighted by atomic mass is 15.1. The van der Waals surface area contributed by atoms with E-state index >= 15 is 0 Å². The summed E-state index contributed by atoms with van der Waals surface area (Å²) >= 11 is 0. The molecule has 0 saturated heterocycles. The third kappa shape index (κ3) is 4.58. The molecule has 3 heteroatoms. The second-order valence-electron chi connectivity index (χ2n) is 5.86. The van der Waals surface area contributed by atoms with Gasteiger partial charge in [0.05, 0.1) is 0 Å². The molecule has 1 fully saturated rings. The van der Waals surface area contributed by atoms with E-state index in [2.05, 4.69) is 36.3 Å². The van der Waals surface area contributed by atoms with E-state index in [1.54, 1.807) is 0 Å². The molecule has 0 radical (unpaired) electrons. The molecule has 0 spiro atoms. The molecule has 104 valence electrons. The minimum Gasteiger partial charge on any atom is -0.370 e. The summed E-state index contributed by atoms with van der Waals surface area (Å²) in [4.78, 5) is 4.49. The van der Waals surface area contributed by atoms with Crippen LogP contribution in [-0.4, -0.2) is 12.5 Å². The summed E-state index contributed by atoms with van der Waals surface area (Å²) in [5.74, 6) is 2.09. The van der Waals surface area contributed by atoms with E-state index in [-0.39, 0.29) is 0 Å². The monoisotopic (exact) mass is 259 g/mol. The van der Waals surface area contributed by atoms with Crippen molar-refractivity contribution in [1.82, 2.24) is 0 Å². The molecule has 2 rings (SSSR count). The lowest BCUT2D eigenvalue weighted by atomic mass is 9.82. The van der Waals surface area contributed by atoms with Crippen molar-refractivity contribution < 1.29 is 0 Å². The second kappa shape index (κ2) is 6.60. The first-order chi connectivity index (χ1) is 9.13. The summed E-state index contributed by atoms with van der Waals surface area (Å²) in [6.07, 6.45) is 5.30. The first-order valence-electron chi connectivity index (χ1n) is 7.27. The molecule has 0 bridgehead atoms. The van der Waals surface area contributed by atoms with Crippen LogP contribution in [0, 0.1) is 18.8 Å². The summed E-state index contributed by atoms with van der Waals surface area (Å²) in [6, 6.07) is 8.18. The van der Waals surface area contributed by atoms with Crippen LogP contribution < -0.4 is 11.1 Å². The molecule has 0 heterocycles. The van der Waals surface area contributed by atoms with Gasteiger partial charge in [-0.15, -0.1) is 0 Å². The van der Waals surface area contributed by atoms with Crippen LogP contribution in [0.15, 0.2) is 29.3 Å². The highest BCUT2D eigenvalue weighted by Gasteiger charge is 2.18. The number of hydrogen-bond donors (Lipinski definition) is 2. The van der Waals surface area contributed by atoms with Gasteiger partial charge in [-0.25, -0.2) is 0 Å². The minimum absolute atomic E-state index is 0.531. The Hall–Kier alpha value is -1.51. The number of benzene rings is 1. The Morgan fingerprint density at radius 3 is 3.00 bits per heavy atom. The zero-order valence-electron chi connectivity index (χ0n) is 12.0. The number of anilines is 1. The Kier molecular flexibility index (Phi) is 4.83. The van der Waals surface area contributed by atoms with E-state index in [1.165, 1.54) is 31.2 Å². The standard InChI is InChI=1S/C16H25N3/c1-12-5-3-7-14(9-12)11-18-16(17)19-15-8-4-6-13(2)10-15/h4,6,8,10,12,14H,3,5,7,9,11H2,1-2H3,(H3,17,18,19). The van der Waals surface area contributed by atoms with Crippen LogP contribution in [0.4, 0.5) is 5.69 Å². The maximum Gasteiger partial charge on any atom is 0.193 e. The minimum atomic E-state index is 0.531. The predicted octanol–water partition coefficient (Wildman–Crippen LogP) is 3.55.